The predicted octanol–water partition coefficient (Wildman–Crippen LogP) is 0.237. The van der Waals surface area contributed by atoms with Crippen molar-refractivity contribution < 1.29 is 9.90 Å². The van der Waals surface area contributed by atoms with Crippen LogP contribution in [0.3, 0.4) is 0 Å². The second kappa shape index (κ2) is 2.46. The molecule has 1 saturated carbocycles. The molecule has 1 saturated heterocycles. The van der Waals surface area contributed by atoms with Gasteiger partial charge in [-0.3, -0.25) is 4.79 Å². The van der Waals surface area contributed by atoms with E-state index in [-0.39, 0.29) is 17.9 Å². The second-order valence-corrected chi connectivity index (χ2v) is 4.07. The fourth-order valence-electron chi connectivity index (χ4n) is 2.25. The van der Waals surface area contributed by atoms with Crippen LogP contribution in [0.5, 0.6) is 0 Å². The monoisotopic (exact) mass is 169 g/mol. The third-order valence-electron chi connectivity index (χ3n) is 3.31. The number of amides is 1. The third kappa shape index (κ3) is 0.891. The minimum Gasteiger partial charge on any atom is -0.395 e. The molecule has 0 spiro atoms. The average molecular weight is 169 g/mol. The molecule has 0 aromatic rings. The van der Waals surface area contributed by atoms with Gasteiger partial charge in [-0.15, -0.1) is 0 Å². The van der Waals surface area contributed by atoms with Gasteiger partial charge in [0.25, 0.3) is 0 Å². The van der Waals surface area contributed by atoms with E-state index in [4.69, 9.17) is 0 Å². The standard InChI is InChI=1S/C9H15NO2/c1-10-5-4-9(6-11,8(10)12)7-2-3-7/h7,11H,2-6H2,1H3. The number of hydrogen-bond donors (Lipinski definition) is 1. The van der Waals surface area contributed by atoms with Gasteiger partial charge in [-0.1, -0.05) is 0 Å². The molecule has 3 nitrogen and oxygen atoms in total. The smallest absolute Gasteiger partial charge is 0.231 e. The van der Waals surface area contributed by atoms with Gasteiger partial charge in [0.05, 0.1) is 12.0 Å². The number of aliphatic hydroxyl groups excluding tert-OH is 1. The lowest BCUT2D eigenvalue weighted by Gasteiger charge is -2.23. The summed E-state index contributed by atoms with van der Waals surface area (Å²) >= 11 is 0. The fourth-order valence-corrected chi connectivity index (χ4v) is 2.25. The molecule has 2 fully saturated rings. The van der Waals surface area contributed by atoms with Crippen molar-refractivity contribution in [2.75, 3.05) is 20.2 Å². The van der Waals surface area contributed by atoms with Crippen molar-refractivity contribution in [1.82, 2.24) is 4.90 Å². The summed E-state index contributed by atoms with van der Waals surface area (Å²) in [5.41, 5.74) is -0.380. The van der Waals surface area contributed by atoms with E-state index >= 15 is 0 Å². The van der Waals surface area contributed by atoms with Crippen molar-refractivity contribution in [3.63, 3.8) is 0 Å². The first-order valence-corrected chi connectivity index (χ1v) is 4.57. The minimum atomic E-state index is -0.380. The summed E-state index contributed by atoms with van der Waals surface area (Å²) in [6, 6.07) is 0. The first kappa shape index (κ1) is 8.05. The van der Waals surface area contributed by atoms with E-state index in [1.54, 1.807) is 4.90 Å². The lowest BCUT2D eigenvalue weighted by Crippen LogP contribution is -2.37. The normalized spacial score (nSPS) is 36.2. The van der Waals surface area contributed by atoms with E-state index in [2.05, 4.69) is 0 Å². The molecule has 1 N–H and O–H groups in total. The summed E-state index contributed by atoms with van der Waals surface area (Å²) in [4.78, 5) is 13.5. The molecule has 1 aliphatic carbocycles. The Bertz CT molecular complexity index is 213. The topological polar surface area (TPSA) is 40.5 Å². The number of carbonyl (C=O) groups is 1. The van der Waals surface area contributed by atoms with Crippen molar-refractivity contribution in [2.24, 2.45) is 11.3 Å². The van der Waals surface area contributed by atoms with Crippen molar-refractivity contribution in [3.8, 4) is 0 Å². The van der Waals surface area contributed by atoms with Crippen LogP contribution in [0.2, 0.25) is 0 Å². The highest BCUT2D eigenvalue weighted by Crippen LogP contribution is 2.50. The molecule has 0 aromatic heterocycles. The maximum atomic E-state index is 11.7. The van der Waals surface area contributed by atoms with E-state index < -0.39 is 0 Å². The Labute approximate surface area is 72.4 Å². The molecule has 3 heteroatoms. The first-order valence-electron chi connectivity index (χ1n) is 4.57. The van der Waals surface area contributed by atoms with Crippen molar-refractivity contribution in [1.29, 1.82) is 0 Å². The van der Waals surface area contributed by atoms with Gasteiger partial charge in [0.1, 0.15) is 0 Å². The Hall–Kier alpha value is -0.570. The lowest BCUT2D eigenvalue weighted by atomic mass is 9.82. The molecule has 1 unspecified atom stereocenters. The molecular weight excluding hydrogens is 154 g/mol. The SMILES string of the molecule is CN1CCC(CO)(C2CC2)C1=O. The molecule has 2 aliphatic rings. The largest absolute Gasteiger partial charge is 0.395 e. The Balaban J connectivity index is 2.22. The quantitative estimate of drug-likeness (QED) is 0.643. The average Bonchev–Trinajstić information content (AvgIpc) is 2.86. The van der Waals surface area contributed by atoms with Crippen molar-refractivity contribution in [3.05, 3.63) is 0 Å². The minimum absolute atomic E-state index is 0.0425. The molecule has 2 rings (SSSR count). The zero-order chi connectivity index (χ0) is 8.77. The van der Waals surface area contributed by atoms with Gasteiger partial charge >= 0.3 is 0 Å². The number of likely N-dealkylation sites (tertiary alicyclic amines) is 1. The molecule has 1 atom stereocenters. The highest BCUT2D eigenvalue weighted by molar-refractivity contribution is 5.85. The highest BCUT2D eigenvalue weighted by atomic mass is 16.3. The first-order chi connectivity index (χ1) is 5.70. The molecular formula is C9H15NO2. The second-order valence-electron chi connectivity index (χ2n) is 4.07. The van der Waals surface area contributed by atoms with Crippen LogP contribution < -0.4 is 0 Å². The molecule has 0 aromatic carbocycles. The van der Waals surface area contributed by atoms with Crippen LogP contribution in [0.1, 0.15) is 19.3 Å². The maximum Gasteiger partial charge on any atom is 0.231 e. The predicted molar refractivity (Wildman–Crippen MR) is 44.5 cm³/mol. The van der Waals surface area contributed by atoms with Crippen molar-refractivity contribution in [2.45, 2.75) is 19.3 Å². The summed E-state index contributed by atoms with van der Waals surface area (Å²) < 4.78 is 0. The summed E-state index contributed by atoms with van der Waals surface area (Å²) in [7, 11) is 1.82. The Morgan fingerprint density at radius 3 is 2.67 bits per heavy atom. The zero-order valence-electron chi connectivity index (χ0n) is 7.42. The highest BCUT2D eigenvalue weighted by Gasteiger charge is 2.54. The van der Waals surface area contributed by atoms with Crippen LogP contribution in [0, 0.1) is 11.3 Å². The van der Waals surface area contributed by atoms with Crippen LogP contribution in [0.4, 0.5) is 0 Å². The van der Waals surface area contributed by atoms with Gasteiger partial charge < -0.3 is 10.0 Å². The van der Waals surface area contributed by atoms with Crippen LogP contribution in [0.25, 0.3) is 0 Å². The van der Waals surface area contributed by atoms with Crippen LogP contribution in [-0.4, -0.2) is 36.1 Å². The molecule has 0 bridgehead atoms. The van der Waals surface area contributed by atoms with Crippen LogP contribution in [-0.2, 0) is 4.79 Å². The van der Waals surface area contributed by atoms with Crippen LogP contribution in [0.15, 0.2) is 0 Å². The van der Waals surface area contributed by atoms with Gasteiger partial charge in [-0.25, -0.2) is 0 Å². The molecule has 1 heterocycles. The maximum absolute atomic E-state index is 11.7. The van der Waals surface area contributed by atoms with Gasteiger partial charge in [-0.05, 0) is 25.2 Å². The number of hydrogen-bond acceptors (Lipinski definition) is 2. The number of carbonyl (C=O) groups excluding carboxylic acids is 1. The Morgan fingerprint density at radius 2 is 2.33 bits per heavy atom. The Kier molecular flexibility index (Phi) is 1.65. The lowest BCUT2D eigenvalue weighted by molar-refractivity contribution is -0.138. The van der Waals surface area contributed by atoms with Gasteiger partial charge in [0.2, 0.25) is 5.91 Å². The Morgan fingerprint density at radius 1 is 1.67 bits per heavy atom. The van der Waals surface area contributed by atoms with E-state index in [0.717, 1.165) is 25.8 Å². The number of nitrogens with zero attached hydrogens (tertiary/aromatic N) is 1. The number of aliphatic hydroxyl groups is 1. The van der Waals surface area contributed by atoms with Crippen LogP contribution >= 0.6 is 0 Å². The number of rotatable bonds is 2. The van der Waals surface area contributed by atoms with E-state index in [0.29, 0.717) is 5.92 Å². The summed E-state index contributed by atoms with van der Waals surface area (Å²) in [6.07, 6.45) is 3.10. The molecule has 12 heavy (non-hydrogen) atoms. The fraction of sp³-hybridized carbons (Fsp3) is 0.889. The summed E-state index contributed by atoms with van der Waals surface area (Å²) in [5.74, 6) is 0.632. The van der Waals surface area contributed by atoms with E-state index in [9.17, 15) is 9.90 Å². The molecule has 1 amide bonds. The van der Waals surface area contributed by atoms with E-state index in [1.807, 2.05) is 7.05 Å². The summed E-state index contributed by atoms with van der Waals surface area (Å²) in [6.45, 7) is 0.858. The molecule has 0 radical (unpaired) electrons. The molecule has 1 aliphatic heterocycles. The van der Waals surface area contributed by atoms with Crippen molar-refractivity contribution >= 4 is 5.91 Å². The van der Waals surface area contributed by atoms with Gasteiger partial charge in [0.15, 0.2) is 0 Å². The molecule has 68 valence electrons. The van der Waals surface area contributed by atoms with Gasteiger partial charge in [0, 0.05) is 13.6 Å². The van der Waals surface area contributed by atoms with E-state index in [1.165, 1.54) is 0 Å². The third-order valence-corrected chi connectivity index (χ3v) is 3.31. The summed E-state index contributed by atoms with van der Waals surface area (Å²) in [5, 5.41) is 9.27. The zero-order valence-corrected chi connectivity index (χ0v) is 7.42. The van der Waals surface area contributed by atoms with Gasteiger partial charge in [-0.2, -0.15) is 0 Å².